The predicted molar refractivity (Wildman–Crippen MR) is 156 cm³/mol. The zero-order valence-electron chi connectivity index (χ0n) is 23.8. The Morgan fingerprint density at radius 1 is 0.806 bits per heavy atom. The Balaban J connectivity index is 1.26. The minimum absolute atomic E-state index is 0.575. The third-order valence-electron chi connectivity index (χ3n) is 10.4. The second kappa shape index (κ2) is 14.6. The van der Waals surface area contributed by atoms with Crippen LogP contribution in [0, 0.1) is 23.2 Å². The van der Waals surface area contributed by atoms with Crippen molar-refractivity contribution < 1.29 is 4.74 Å². The van der Waals surface area contributed by atoms with E-state index in [2.05, 4.69) is 50.3 Å². The lowest BCUT2D eigenvalue weighted by Crippen LogP contribution is -2.42. The van der Waals surface area contributed by atoms with E-state index in [1.165, 1.54) is 122 Å². The molecule has 3 saturated carbocycles. The van der Waals surface area contributed by atoms with Crippen LogP contribution in [0.3, 0.4) is 0 Å². The lowest BCUT2D eigenvalue weighted by molar-refractivity contribution is 0.00975. The maximum Gasteiger partial charge on any atom is 0.119 e. The molecule has 0 bridgehead atoms. The second-order valence-corrected chi connectivity index (χ2v) is 12.7. The number of hydrogen-bond acceptors (Lipinski definition) is 1. The number of allylic oxidation sites excluding steroid dienone is 1. The molecule has 0 radical (unpaired) electrons. The summed E-state index contributed by atoms with van der Waals surface area (Å²) in [6.45, 7) is 5.37. The van der Waals surface area contributed by atoms with Crippen LogP contribution in [0.2, 0.25) is 0 Å². The van der Waals surface area contributed by atoms with E-state index < -0.39 is 0 Å². The molecular weight excluding hydrogens is 436 g/mol. The molecule has 1 nitrogen and oxygen atoms in total. The molecule has 202 valence electrons. The number of rotatable bonds is 13. The van der Waals surface area contributed by atoms with Crippen molar-refractivity contribution in [2.45, 2.75) is 142 Å². The topological polar surface area (TPSA) is 9.23 Å². The molecule has 3 fully saturated rings. The predicted octanol–water partition coefficient (Wildman–Crippen LogP) is 11.0. The number of ether oxygens (including phenoxy) is 1. The van der Waals surface area contributed by atoms with Crippen LogP contribution in [0.15, 0.2) is 36.4 Å². The first kappa shape index (κ1) is 27.8. The molecule has 1 aromatic carbocycles. The average Bonchev–Trinajstić information content (AvgIpc) is 2.92. The van der Waals surface area contributed by atoms with Gasteiger partial charge >= 0.3 is 0 Å². The lowest BCUT2D eigenvalue weighted by Gasteiger charge is -2.53. The molecule has 3 atom stereocenters. The summed E-state index contributed by atoms with van der Waals surface area (Å²) in [5.74, 6) is 4.54. The maximum atomic E-state index is 6.15. The summed E-state index contributed by atoms with van der Waals surface area (Å²) >= 11 is 0. The lowest BCUT2D eigenvalue weighted by atomic mass is 9.51. The van der Waals surface area contributed by atoms with Crippen LogP contribution in [0.4, 0.5) is 0 Å². The maximum absolute atomic E-state index is 6.15. The van der Waals surface area contributed by atoms with Gasteiger partial charge in [0.1, 0.15) is 12.4 Å². The molecule has 0 heterocycles. The second-order valence-electron chi connectivity index (χ2n) is 12.7. The molecule has 1 unspecified atom stereocenters. The van der Waals surface area contributed by atoms with Gasteiger partial charge in [-0.2, -0.15) is 0 Å². The molecule has 0 aliphatic heterocycles. The fourth-order valence-electron chi connectivity index (χ4n) is 8.33. The van der Waals surface area contributed by atoms with E-state index in [-0.39, 0.29) is 0 Å². The Morgan fingerprint density at radius 2 is 1.56 bits per heavy atom. The minimum atomic E-state index is 0.575. The average molecular weight is 493 g/mol. The van der Waals surface area contributed by atoms with Gasteiger partial charge in [-0.25, -0.2) is 0 Å². The van der Waals surface area contributed by atoms with E-state index in [0.717, 1.165) is 29.4 Å². The molecule has 4 rings (SSSR count). The smallest absolute Gasteiger partial charge is 0.119 e. The van der Waals surface area contributed by atoms with Crippen molar-refractivity contribution in [1.29, 1.82) is 0 Å². The summed E-state index contributed by atoms with van der Waals surface area (Å²) < 4.78 is 6.15. The van der Waals surface area contributed by atoms with E-state index in [9.17, 15) is 0 Å². The molecule has 0 saturated heterocycles. The molecule has 36 heavy (non-hydrogen) atoms. The highest BCUT2D eigenvalue weighted by molar-refractivity contribution is 5.31. The molecule has 1 heteroatoms. The van der Waals surface area contributed by atoms with Gasteiger partial charge in [-0.3, -0.25) is 0 Å². The van der Waals surface area contributed by atoms with Gasteiger partial charge in [-0.1, -0.05) is 102 Å². The standard InChI is InChI=1S/C35H56O/c1-3-5-7-13-29-18-20-30(21-19-29)14-12-28-36-33-24-22-31(23-25-33)34-17-11-16-32-15-8-10-27-35(32,34)26-9-6-4-2/h12,14,22-25,29-30,32,34H,3-11,13,15-21,26-28H2,1-2H3/t29?,30?,32-,34?,35-/m0/s1. The van der Waals surface area contributed by atoms with Crippen LogP contribution < -0.4 is 4.74 Å². The Kier molecular flexibility index (Phi) is 11.3. The number of hydrogen-bond donors (Lipinski definition) is 0. The van der Waals surface area contributed by atoms with Gasteiger partial charge in [0.05, 0.1) is 0 Å². The van der Waals surface area contributed by atoms with Crippen molar-refractivity contribution in [1.82, 2.24) is 0 Å². The van der Waals surface area contributed by atoms with Crippen molar-refractivity contribution in [3.63, 3.8) is 0 Å². The zero-order chi connectivity index (χ0) is 25.1. The Labute approximate surface area is 223 Å². The first-order chi connectivity index (χ1) is 17.7. The highest BCUT2D eigenvalue weighted by Gasteiger charge is 2.48. The molecule has 3 aliphatic carbocycles. The highest BCUT2D eigenvalue weighted by Crippen LogP contribution is 2.60. The third-order valence-corrected chi connectivity index (χ3v) is 10.4. The van der Waals surface area contributed by atoms with Gasteiger partial charge in [0, 0.05) is 0 Å². The first-order valence-corrected chi connectivity index (χ1v) is 16.1. The first-order valence-electron chi connectivity index (χ1n) is 16.1. The van der Waals surface area contributed by atoms with Crippen LogP contribution in [-0.4, -0.2) is 6.61 Å². The van der Waals surface area contributed by atoms with Gasteiger partial charge in [0.25, 0.3) is 0 Å². The SMILES string of the molecule is CCCCCC1CCC(C=CCOc2ccc(C3CCC[C@@H]4CCCC[C@]34CCCCC)cc2)CC1. The fraction of sp³-hybridized carbons (Fsp3) is 0.771. The highest BCUT2D eigenvalue weighted by atomic mass is 16.5. The summed E-state index contributed by atoms with van der Waals surface area (Å²) in [6.07, 6.45) is 31.8. The van der Waals surface area contributed by atoms with Gasteiger partial charge in [-0.15, -0.1) is 0 Å². The largest absolute Gasteiger partial charge is 0.490 e. The van der Waals surface area contributed by atoms with E-state index >= 15 is 0 Å². The molecule has 1 aromatic rings. The minimum Gasteiger partial charge on any atom is -0.490 e. The molecule has 0 N–H and O–H groups in total. The van der Waals surface area contributed by atoms with E-state index in [4.69, 9.17) is 4.74 Å². The van der Waals surface area contributed by atoms with Gasteiger partial charge in [0.2, 0.25) is 0 Å². The van der Waals surface area contributed by atoms with E-state index in [0.29, 0.717) is 12.0 Å². The Hall–Kier alpha value is -1.24. The van der Waals surface area contributed by atoms with Crippen molar-refractivity contribution in [2.75, 3.05) is 6.61 Å². The summed E-state index contributed by atoms with van der Waals surface area (Å²) in [7, 11) is 0. The third kappa shape index (κ3) is 7.41. The molecule has 3 aliphatic rings. The van der Waals surface area contributed by atoms with Gasteiger partial charge in [-0.05, 0) is 105 Å². The molecule has 0 spiro atoms. The van der Waals surface area contributed by atoms with Gasteiger partial charge < -0.3 is 4.74 Å². The Bertz CT molecular complexity index is 753. The van der Waals surface area contributed by atoms with Crippen molar-refractivity contribution in [3.8, 4) is 5.75 Å². The van der Waals surface area contributed by atoms with Crippen molar-refractivity contribution in [3.05, 3.63) is 42.0 Å². The molecular formula is C35H56O. The number of fused-ring (bicyclic) bond motifs is 1. The van der Waals surface area contributed by atoms with Crippen LogP contribution in [0.5, 0.6) is 5.75 Å². The summed E-state index contributed by atoms with van der Waals surface area (Å²) in [6, 6.07) is 9.36. The zero-order valence-corrected chi connectivity index (χ0v) is 23.8. The monoisotopic (exact) mass is 492 g/mol. The quantitative estimate of drug-likeness (QED) is 0.196. The van der Waals surface area contributed by atoms with Crippen LogP contribution in [0.1, 0.15) is 147 Å². The van der Waals surface area contributed by atoms with Crippen LogP contribution in [0.25, 0.3) is 0 Å². The fourth-order valence-corrected chi connectivity index (χ4v) is 8.33. The summed E-state index contributed by atoms with van der Waals surface area (Å²) in [5, 5.41) is 0. The van der Waals surface area contributed by atoms with Crippen molar-refractivity contribution in [2.24, 2.45) is 23.2 Å². The normalized spacial score (nSPS) is 30.8. The summed E-state index contributed by atoms with van der Waals surface area (Å²) in [5.41, 5.74) is 2.17. The molecule has 0 aromatic heterocycles. The number of benzene rings is 1. The van der Waals surface area contributed by atoms with E-state index in [1.807, 2.05) is 0 Å². The Morgan fingerprint density at radius 3 is 2.33 bits per heavy atom. The van der Waals surface area contributed by atoms with Crippen LogP contribution >= 0.6 is 0 Å². The van der Waals surface area contributed by atoms with Gasteiger partial charge in [0.15, 0.2) is 0 Å². The van der Waals surface area contributed by atoms with E-state index in [1.54, 1.807) is 5.56 Å². The van der Waals surface area contributed by atoms with Crippen molar-refractivity contribution >= 4 is 0 Å². The number of unbranched alkanes of at least 4 members (excludes halogenated alkanes) is 4. The van der Waals surface area contributed by atoms with Crippen LogP contribution in [-0.2, 0) is 0 Å². The molecule has 0 amide bonds. The summed E-state index contributed by atoms with van der Waals surface area (Å²) in [4.78, 5) is 0.